The SMILES string of the molecule is CCC[C@H](CCNC)Oc1ccc(F)c(Cl)c1.Cl. The first-order valence-electron chi connectivity index (χ1n) is 5.93. The molecule has 18 heavy (non-hydrogen) atoms. The molecule has 0 unspecified atom stereocenters. The van der Waals surface area contributed by atoms with Gasteiger partial charge < -0.3 is 10.1 Å². The molecule has 0 spiro atoms. The van der Waals surface area contributed by atoms with E-state index in [1.807, 2.05) is 7.05 Å². The number of hydrogen-bond acceptors (Lipinski definition) is 2. The Kier molecular flexibility index (Phi) is 9.16. The molecule has 0 aliphatic heterocycles. The number of ether oxygens (including phenoxy) is 1. The molecule has 0 fully saturated rings. The van der Waals surface area contributed by atoms with Crippen LogP contribution in [0, 0.1) is 5.82 Å². The fourth-order valence-corrected chi connectivity index (χ4v) is 1.80. The van der Waals surface area contributed by atoms with Crippen LogP contribution >= 0.6 is 24.0 Å². The van der Waals surface area contributed by atoms with Gasteiger partial charge in [-0.15, -0.1) is 12.4 Å². The minimum absolute atomic E-state index is 0. The molecule has 0 aliphatic rings. The van der Waals surface area contributed by atoms with Crippen LogP contribution in [0.3, 0.4) is 0 Å². The van der Waals surface area contributed by atoms with Crippen LogP contribution in [0.5, 0.6) is 5.75 Å². The monoisotopic (exact) mass is 295 g/mol. The average molecular weight is 296 g/mol. The third kappa shape index (κ3) is 5.89. The van der Waals surface area contributed by atoms with Crippen LogP contribution in [0.1, 0.15) is 26.2 Å². The summed E-state index contributed by atoms with van der Waals surface area (Å²) >= 11 is 5.71. The quantitative estimate of drug-likeness (QED) is 0.819. The van der Waals surface area contributed by atoms with Crippen LogP contribution in [0.15, 0.2) is 18.2 Å². The van der Waals surface area contributed by atoms with E-state index in [1.54, 1.807) is 6.07 Å². The van der Waals surface area contributed by atoms with E-state index in [-0.39, 0.29) is 23.5 Å². The first-order valence-corrected chi connectivity index (χ1v) is 6.31. The molecular formula is C13H20Cl2FNO. The normalized spacial score (nSPS) is 11.8. The predicted octanol–water partition coefficient (Wildman–Crippen LogP) is 4.06. The summed E-state index contributed by atoms with van der Waals surface area (Å²) in [6, 6.07) is 4.47. The number of hydrogen-bond donors (Lipinski definition) is 1. The smallest absolute Gasteiger partial charge is 0.142 e. The highest BCUT2D eigenvalue weighted by Crippen LogP contribution is 2.23. The van der Waals surface area contributed by atoms with Crippen molar-refractivity contribution in [1.29, 1.82) is 0 Å². The molecule has 0 saturated carbocycles. The Labute approximate surface area is 119 Å². The Morgan fingerprint density at radius 3 is 2.67 bits per heavy atom. The summed E-state index contributed by atoms with van der Waals surface area (Å²) in [5.41, 5.74) is 0. The third-order valence-electron chi connectivity index (χ3n) is 2.52. The van der Waals surface area contributed by atoms with Gasteiger partial charge in [0.2, 0.25) is 0 Å². The molecule has 0 aromatic heterocycles. The van der Waals surface area contributed by atoms with Gasteiger partial charge in [0.1, 0.15) is 11.6 Å². The molecule has 0 bridgehead atoms. The Hall–Kier alpha value is -0.510. The average Bonchev–Trinajstić information content (AvgIpc) is 2.31. The van der Waals surface area contributed by atoms with E-state index in [9.17, 15) is 4.39 Å². The summed E-state index contributed by atoms with van der Waals surface area (Å²) in [6.45, 7) is 3.02. The molecule has 0 amide bonds. The van der Waals surface area contributed by atoms with Crippen LogP contribution in [0.2, 0.25) is 5.02 Å². The van der Waals surface area contributed by atoms with Crippen molar-refractivity contribution in [2.24, 2.45) is 0 Å². The van der Waals surface area contributed by atoms with Crippen molar-refractivity contribution in [3.63, 3.8) is 0 Å². The lowest BCUT2D eigenvalue weighted by molar-refractivity contribution is 0.180. The zero-order valence-electron chi connectivity index (χ0n) is 10.7. The van der Waals surface area contributed by atoms with E-state index >= 15 is 0 Å². The lowest BCUT2D eigenvalue weighted by Gasteiger charge is -2.18. The zero-order valence-corrected chi connectivity index (χ0v) is 12.3. The highest BCUT2D eigenvalue weighted by Gasteiger charge is 2.10. The van der Waals surface area contributed by atoms with Gasteiger partial charge >= 0.3 is 0 Å². The molecule has 104 valence electrons. The van der Waals surface area contributed by atoms with E-state index in [0.717, 1.165) is 25.8 Å². The Bertz CT molecular complexity index is 350. The van der Waals surface area contributed by atoms with Gasteiger partial charge in [-0.2, -0.15) is 0 Å². The topological polar surface area (TPSA) is 21.3 Å². The molecule has 1 aromatic rings. The van der Waals surface area contributed by atoms with E-state index in [4.69, 9.17) is 16.3 Å². The van der Waals surface area contributed by atoms with Gasteiger partial charge in [0.15, 0.2) is 0 Å². The summed E-state index contributed by atoms with van der Waals surface area (Å²) in [6.07, 6.45) is 3.12. The standard InChI is InChI=1S/C13H19ClFNO.ClH/c1-3-4-10(7-8-16-2)17-11-5-6-13(15)12(14)9-11;/h5-6,9-10,16H,3-4,7-8H2,1-2H3;1H/t10-;/m1./s1. The third-order valence-corrected chi connectivity index (χ3v) is 2.81. The van der Waals surface area contributed by atoms with Crippen LogP contribution in [0.25, 0.3) is 0 Å². The number of rotatable bonds is 7. The van der Waals surface area contributed by atoms with Gasteiger partial charge in [0, 0.05) is 6.07 Å². The molecule has 0 aliphatic carbocycles. The highest BCUT2D eigenvalue weighted by molar-refractivity contribution is 6.30. The van der Waals surface area contributed by atoms with Crippen LogP contribution in [-0.2, 0) is 0 Å². The van der Waals surface area contributed by atoms with Gasteiger partial charge in [-0.25, -0.2) is 4.39 Å². The van der Waals surface area contributed by atoms with Crippen molar-refractivity contribution in [3.8, 4) is 5.75 Å². The van der Waals surface area contributed by atoms with Crippen LogP contribution in [0.4, 0.5) is 4.39 Å². The molecule has 1 N–H and O–H groups in total. The van der Waals surface area contributed by atoms with Crippen LogP contribution < -0.4 is 10.1 Å². The fraction of sp³-hybridized carbons (Fsp3) is 0.538. The fourth-order valence-electron chi connectivity index (χ4n) is 1.63. The van der Waals surface area contributed by atoms with Crippen molar-refractivity contribution in [1.82, 2.24) is 5.32 Å². The summed E-state index contributed by atoms with van der Waals surface area (Å²) in [7, 11) is 1.91. The lowest BCUT2D eigenvalue weighted by Crippen LogP contribution is -2.22. The maximum absolute atomic E-state index is 13.0. The van der Waals surface area contributed by atoms with Crippen molar-refractivity contribution in [2.75, 3.05) is 13.6 Å². The maximum Gasteiger partial charge on any atom is 0.142 e. The minimum atomic E-state index is -0.415. The molecule has 0 heterocycles. The number of benzene rings is 1. The Balaban J connectivity index is 0.00000289. The molecule has 1 atom stereocenters. The first-order chi connectivity index (χ1) is 8.17. The molecule has 2 nitrogen and oxygen atoms in total. The number of nitrogens with one attached hydrogen (secondary N) is 1. The molecule has 1 aromatic carbocycles. The predicted molar refractivity (Wildman–Crippen MR) is 76.5 cm³/mol. The van der Waals surface area contributed by atoms with E-state index < -0.39 is 5.82 Å². The van der Waals surface area contributed by atoms with Crippen molar-refractivity contribution >= 4 is 24.0 Å². The van der Waals surface area contributed by atoms with Crippen molar-refractivity contribution in [2.45, 2.75) is 32.3 Å². The zero-order chi connectivity index (χ0) is 12.7. The summed E-state index contributed by atoms with van der Waals surface area (Å²) in [5, 5.41) is 3.20. The molecule has 0 radical (unpaired) electrons. The minimum Gasteiger partial charge on any atom is -0.490 e. The van der Waals surface area contributed by atoms with E-state index in [2.05, 4.69) is 12.2 Å². The summed E-state index contributed by atoms with van der Waals surface area (Å²) < 4.78 is 18.8. The first kappa shape index (κ1) is 17.5. The van der Waals surface area contributed by atoms with E-state index in [1.165, 1.54) is 12.1 Å². The van der Waals surface area contributed by atoms with Gasteiger partial charge in [0.05, 0.1) is 11.1 Å². The van der Waals surface area contributed by atoms with Gasteiger partial charge in [-0.3, -0.25) is 0 Å². The van der Waals surface area contributed by atoms with Crippen LogP contribution in [-0.4, -0.2) is 19.7 Å². The van der Waals surface area contributed by atoms with Gasteiger partial charge in [0.25, 0.3) is 0 Å². The molecule has 5 heteroatoms. The second-order valence-corrected chi connectivity index (χ2v) is 4.40. The molecule has 0 saturated heterocycles. The molecule has 1 rings (SSSR count). The Morgan fingerprint density at radius 1 is 1.39 bits per heavy atom. The largest absolute Gasteiger partial charge is 0.490 e. The van der Waals surface area contributed by atoms with Crippen molar-refractivity contribution in [3.05, 3.63) is 29.0 Å². The van der Waals surface area contributed by atoms with Gasteiger partial charge in [-0.1, -0.05) is 24.9 Å². The highest BCUT2D eigenvalue weighted by atomic mass is 35.5. The number of halogens is 3. The van der Waals surface area contributed by atoms with Crippen molar-refractivity contribution < 1.29 is 9.13 Å². The second kappa shape index (κ2) is 9.42. The lowest BCUT2D eigenvalue weighted by atomic mass is 10.1. The van der Waals surface area contributed by atoms with Gasteiger partial charge in [-0.05, 0) is 38.6 Å². The Morgan fingerprint density at radius 2 is 2.11 bits per heavy atom. The summed E-state index contributed by atoms with van der Waals surface area (Å²) in [4.78, 5) is 0. The summed E-state index contributed by atoms with van der Waals surface area (Å²) in [5.74, 6) is 0.215. The van der Waals surface area contributed by atoms with E-state index in [0.29, 0.717) is 5.75 Å². The molecular weight excluding hydrogens is 276 g/mol. The maximum atomic E-state index is 13.0. The second-order valence-electron chi connectivity index (χ2n) is 4.00.